The number of aromatic hydroxyl groups is 1. The minimum Gasteiger partial charge on any atom is -0.507 e. The molecule has 0 aliphatic heterocycles. The van der Waals surface area contributed by atoms with Gasteiger partial charge >= 0.3 is 0 Å². The minimum absolute atomic E-state index is 0.244. The molecule has 0 saturated heterocycles. The van der Waals surface area contributed by atoms with E-state index in [9.17, 15) is 5.11 Å². The zero-order chi connectivity index (χ0) is 14.1. The first kappa shape index (κ1) is 13.0. The van der Waals surface area contributed by atoms with E-state index in [1.54, 1.807) is 19.2 Å². The molecule has 0 spiro atoms. The molecule has 2 nitrogen and oxygen atoms in total. The van der Waals surface area contributed by atoms with Gasteiger partial charge in [0, 0.05) is 10.0 Å². The maximum absolute atomic E-state index is 10.2. The first-order valence-corrected chi connectivity index (χ1v) is 7.04. The van der Waals surface area contributed by atoms with Gasteiger partial charge in [0.2, 0.25) is 0 Å². The number of phenolic OH excluding ortho intramolecular Hbond substituents is 1. The summed E-state index contributed by atoms with van der Waals surface area (Å²) in [6.07, 6.45) is 0. The molecule has 0 heterocycles. The van der Waals surface area contributed by atoms with Crippen LogP contribution in [-0.4, -0.2) is 12.2 Å². The van der Waals surface area contributed by atoms with Crippen molar-refractivity contribution in [1.29, 1.82) is 0 Å². The van der Waals surface area contributed by atoms with Gasteiger partial charge in [-0.1, -0.05) is 40.2 Å². The molecule has 0 aromatic heterocycles. The van der Waals surface area contributed by atoms with Crippen molar-refractivity contribution in [3.63, 3.8) is 0 Å². The molecule has 0 aliphatic carbocycles. The quantitative estimate of drug-likeness (QED) is 0.718. The molecule has 0 radical (unpaired) electrons. The first-order valence-electron chi connectivity index (χ1n) is 6.25. The van der Waals surface area contributed by atoms with Crippen LogP contribution in [0, 0.1) is 0 Å². The van der Waals surface area contributed by atoms with Crippen LogP contribution < -0.4 is 4.74 Å². The van der Waals surface area contributed by atoms with Gasteiger partial charge in [-0.25, -0.2) is 0 Å². The molecule has 100 valence electrons. The van der Waals surface area contributed by atoms with Gasteiger partial charge < -0.3 is 9.84 Å². The first-order chi connectivity index (χ1) is 9.69. The molecule has 0 saturated carbocycles. The molecule has 0 atom stereocenters. The number of phenols is 1. The number of methoxy groups -OCH3 is 1. The van der Waals surface area contributed by atoms with E-state index >= 15 is 0 Å². The molecule has 0 fully saturated rings. The predicted molar refractivity (Wildman–Crippen MR) is 85.3 cm³/mol. The third-order valence-corrected chi connectivity index (χ3v) is 3.78. The Balaban J connectivity index is 2.34. The van der Waals surface area contributed by atoms with Crippen molar-refractivity contribution in [2.45, 2.75) is 0 Å². The van der Waals surface area contributed by atoms with Crippen molar-refractivity contribution in [2.75, 3.05) is 7.11 Å². The van der Waals surface area contributed by atoms with E-state index in [0.29, 0.717) is 0 Å². The Morgan fingerprint density at radius 1 is 0.950 bits per heavy atom. The number of hydrogen-bond acceptors (Lipinski definition) is 2. The molecule has 3 heteroatoms. The molecule has 0 aliphatic rings. The second-order valence-corrected chi connectivity index (χ2v) is 5.47. The summed E-state index contributed by atoms with van der Waals surface area (Å²) < 4.78 is 6.23. The van der Waals surface area contributed by atoms with Crippen molar-refractivity contribution in [3.05, 3.63) is 59.1 Å². The van der Waals surface area contributed by atoms with Gasteiger partial charge in [0.15, 0.2) is 0 Å². The van der Waals surface area contributed by atoms with E-state index in [1.165, 1.54) is 0 Å². The number of ether oxygens (including phenoxy) is 1. The SMILES string of the molecule is COc1ccc(O)c(-c2cc(Br)cc3ccccc23)c1. The molecule has 0 bridgehead atoms. The van der Waals surface area contributed by atoms with E-state index < -0.39 is 0 Å². The zero-order valence-corrected chi connectivity index (χ0v) is 12.5. The molecule has 0 amide bonds. The summed E-state index contributed by atoms with van der Waals surface area (Å²) >= 11 is 3.53. The van der Waals surface area contributed by atoms with Crippen molar-refractivity contribution < 1.29 is 9.84 Å². The molecular weight excluding hydrogens is 316 g/mol. The van der Waals surface area contributed by atoms with Crippen molar-refractivity contribution in [1.82, 2.24) is 0 Å². The topological polar surface area (TPSA) is 29.5 Å². The molecule has 0 unspecified atom stereocenters. The summed E-state index contributed by atoms with van der Waals surface area (Å²) in [6.45, 7) is 0. The van der Waals surface area contributed by atoms with Crippen LogP contribution in [0.2, 0.25) is 0 Å². The van der Waals surface area contributed by atoms with Crippen molar-refractivity contribution >= 4 is 26.7 Å². The summed E-state index contributed by atoms with van der Waals surface area (Å²) in [7, 11) is 1.62. The molecule has 3 rings (SSSR count). The summed E-state index contributed by atoms with van der Waals surface area (Å²) in [5, 5.41) is 12.4. The second-order valence-electron chi connectivity index (χ2n) is 4.56. The van der Waals surface area contributed by atoms with E-state index in [-0.39, 0.29) is 5.75 Å². The van der Waals surface area contributed by atoms with Crippen molar-refractivity contribution in [3.8, 4) is 22.6 Å². The maximum Gasteiger partial charge on any atom is 0.123 e. The van der Waals surface area contributed by atoms with Crippen molar-refractivity contribution in [2.24, 2.45) is 0 Å². The summed E-state index contributed by atoms with van der Waals surface area (Å²) in [6, 6.07) is 17.4. The Kier molecular flexibility index (Phi) is 3.36. The number of rotatable bonds is 2. The molecular formula is C17H13BrO2. The smallest absolute Gasteiger partial charge is 0.123 e. The van der Waals surface area contributed by atoms with Crippen LogP contribution >= 0.6 is 15.9 Å². The predicted octanol–water partition coefficient (Wildman–Crippen LogP) is 4.98. The van der Waals surface area contributed by atoms with Gasteiger partial charge in [-0.15, -0.1) is 0 Å². The highest BCUT2D eigenvalue weighted by molar-refractivity contribution is 9.10. The Bertz CT molecular complexity index is 781. The van der Waals surface area contributed by atoms with Gasteiger partial charge in [0.1, 0.15) is 11.5 Å². The Morgan fingerprint density at radius 2 is 1.75 bits per heavy atom. The zero-order valence-electron chi connectivity index (χ0n) is 10.9. The lowest BCUT2D eigenvalue weighted by Gasteiger charge is -2.11. The largest absolute Gasteiger partial charge is 0.507 e. The lowest BCUT2D eigenvalue weighted by atomic mass is 9.97. The fourth-order valence-electron chi connectivity index (χ4n) is 2.35. The van der Waals surface area contributed by atoms with Gasteiger partial charge in [-0.2, -0.15) is 0 Å². The normalized spacial score (nSPS) is 10.7. The maximum atomic E-state index is 10.2. The van der Waals surface area contributed by atoms with E-state index in [2.05, 4.69) is 34.1 Å². The Hall–Kier alpha value is -2.00. The summed E-state index contributed by atoms with van der Waals surface area (Å²) in [5.41, 5.74) is 1.74. The van der Waals surface area contributed by atoms with Gasteiger partial charge in [-0.3, -0.25) is 0 Å². The summed E-state index contributed by atoms with van der Waals surface area (Å²) in [5.74, 6) is 0.968. The van der Waals surface area contributed by atoms with Crippen LogP contribution in [0.15, 0.2) is 59.1 Å². The Labute approximate surface area is 125 Å². The molecule has 3 aromatic carbocycles. The second kappa shape index (κ2) is 5.17. The fourth-order valence-corrected chi connectivity index (χ4v) is 2.83. The monoisotopic (exact) mass is 328 g/mol. The number of benzene rings is 3. The fraction of sp³-hybridized carbons (Fsp3) is 0.0588. The highest BCUT2D eigenvalue weighted by Gasteiger charge is 2.10. The highest BCUT2D eigenvalue weighted by Crippen LogP contribution is 2.38. The van der Waals surface area contributed by atoms with Crippen LogP contribution in [0.5, 0.6) is 11.5 Å². The third kappa shape index (κ3) is 2.25. The highest BCUT2D eigenvalue weighted by atomic mass is 79.9. The van der Waals surface area contributed by atoms with Gasteiger partial charge in [0.25, 0.3) is 0 Å². The van der Waals surface area contributed by atoms with E-state index in [0.717, 1.165) is 32.1 Å². The van der Waals surface area contributed by atoms with Crippen LogP contribution in [0.4, 0.5) is 0 Å². The number of hydrogen-bond donors (Lipinski definition) is 1. The average Bonchev–Trinajstić information content (AvgIpc) is 2.47. The Morgan fingerprint density at radius 3 is 2.55 bits per heavy atom. The lowest BCUT2D eigenvalue weighted by Crippen LogP contribution is -1.87. The lowest BCUT2D eigenvalue weighted by molar-refractivity contribution is 0.412. The minimum atomic E-state index is 0.244. The van der Waals surface area contributed by atoms with E-state index in [1.807, 2.05) is 24.3 Å². The summed E-state index contributed by atoms with van der Waals surface area (Å²) in [4.78, 5) is 0. The standard InChI is InChI=1S/C17H13BrO2/c1-20-13-6-7-17(19)16(10-13)15-9-12(18)8-11-4-2-3-5-14(11)15/h2-10,19H,1H3. The van der Waals surface area contributed by atoms with Crippen LogP contribution in [0.3, 0.4) is 0 Å². The van der Waals surface area contributed by atoms with Gasteiger partial charge in [0.05, 0.1) is 7.11 Å². The van der Waals surface area contributed by atoms with Crippen LogP contribution in [-0.2, 0) is 0 Å². The van der Waals surface area contributed by atoms with E-state index in [4.69, 9.17) is 4.74 Å². The van der Waals surface area contributed by atoms with Crippen LogP contribution in [0.1, 0.15) is 0 Å². The molecule has 1 N–H and O–H groups in total. The average molecular weight is 329 g/mol. The number of halogens is 1. The van der Waals surface area contributed by atoms with Gasteiger partial charge in [-0.05, 0) is 46.7 Å². The molecule has 20 heavy (non-hydrogen) atoms. The van der Waals surface area contributed by atoms with Crippen LogP contribution in [0.25, 0.3) is 21.9 Å². The number of fused-ring (bicyclic) bond motifs is 1. The third-order valence-electron chi connectivity index (χ3n) is 3.32. The molecule has 3 aromatic rings.